The molecule has 0 unspecified atom stereocenters. The molecule has 2 fully saturated rings. The lowest BCUT2D eigenvalue weighted by Crippen LogP contribution is -2.56. The summed E-state index contributed by atoms with van der Waals surface area (Å²) < 4.78 is 5.82. The highest BCUT2D eigenvalue weighted by molar-refractivity contribution is 5.79. The van der Waals surface area contributed by atoms with E-state index in [9.17, 15) is 4.79 Å². The molecule has 1 saturated heterocycles. The number of benzene rings is 2. The van der Waals surface area contributed by atoms with Crippen molar-refractivity contribution in [3.05, 3.63) is 60.2 Å². The van der Waals surface area contributed by atoms with E-state index in [1.807, 2.05) is 59.5 Å². The van der Waals surface area contributed by atoms with E-state index in [2.05, 4.69) is 18.7 Å². The van der Waals surface area contributed by atoms with Gasteiger partial charge >= 0.3 is 0 Å². The van der Waals surface area contributed by atoms with Crippen LogP contribution < -0.4 is 4.74 Å². The minimum Gasteiger partial charge on any atom is -0.457 e. The van der Waals surface area contributed by atoms with Crippen molar-refractivity contribution in [1.29, 1.82) is 0 Å². The van der Waals surface area contributed by atoms with Gasteiger partial charge in [-0.1, -0.05) is 30.3 Å². The normalized spacial score (nSPS) is 18.1. The van der Waals surface area contributed by atoms with Crippen LogP contribution in [-0.4, -0.2) is 47.4 Å². The maximum Gasteiger partial charge on any atom is 0.227 e. The van der Waals surface area contributed by atoms with Gasteiger partial charge in [0.25, 0.3) is 0 Å². The van der Waals surface area contributed by atoms with Gasteiger partial charge in [0, 0.05) is 31.7 Å². The van der Waals surface area contributed by atoms with Gasteiger partial charge in [0.15, 0.2) is 0 Å². The molecule has 4 heteroatoms. The van der Waals surface area contributed by atoms with E-state index in [1.54, 1.807) is 0 Å². The molecule has 0 N–H and O–H groups in total. The quantitative estimate of drug-likeness (QED) is 0.749. The van der Waals surface area contributed by atoms with Crippen LogP contribution in [-0.2, 0) is 11.2 Å². The first-order valence-corrected chi connectivity index (χ1v) is 10.4. The van der Waals surface area contributed by atoms with Crippen molar-refractivity contribution in [3.63, 3.8) is 0 Å². The molecular weight excluding hydrogens is 348 g/mol. The summed E-state index contributed by atoms with van der Waals surface area (Å²) in [6.45, 7) is 8.37. The molecule has 1 saturated carbocycles. The predicted molar refractivity (Wildman–Crippen MR) is 112 cm³/mol. The highest BCUT2D eigenvalue weighted by Crippen LogP contribution is 2.43. The van der Waals surface area contributed by atoms with Crippen LogP contribution in [0.5, 0.6) is 11.5 Å². The summed E-state index contributed by atoms with van der Waals surface area (Å²) in [4.78, 5) is 17.3. The number of hydrogen-bond acceptors (Lipinski definition) is 3. The van der Waals surface area contributed by atoms with Crippen molar-refractivity contribution in [2.75, 3.05) is 26.2 Å². The molecule has 28 heavy (non-hydrogen) atoms. The molecule has 0 bridgehead atoms. The van der Waals surface area contributed by atoms with Crippen LogP contribution >= 0.6 is 0 Å². The lowest BCUT2D eigenvalue weighted by Gasteiger charge is -2.44. The van der Waals surface area contributed by atoms with Crippen LogP contribution in [0, 0.1) is 5.92 Å². The minimum atomic E-state index is 0.223. The number of carbonyl (C=O) groups is 1. The van der Waals surface area contributed by atoms with E-state index in [4.69, 9.17) is 4.74 Å². The Kier molecular flexibility index (Phi) is 5.40. The second kappa shape index (κ2) is 7.96. The van der Waals surface area contributed by atoms with Gasteiger partial charge in [0.2, 0.25) is 5.91 Å². The Labute approximate surface area is 168 Å². The van der Waals surface area contributed by atoms with Crippen LogP contribution in [0.1, 0.15) is 32.3 Å². The van der Waals surface area contributed by atoms with Crippen molar-refractivity contribution < 1.29 is 9.53 Å². The molecule has 0 aromatic heterocycles. The highest BCUT2D eigenvalue weighted by atomic mass is 16.5. The Morgan fingerprint density at radius 3 is 2.14 bits per heavy atom. The monoisotopic (exact) mass is 378 g/mol. The van der Waals surface area contributed by atoms with Gasteiger partial charge in [-0.05, 0) is 62.4 Å². The number of ether oxygens (including phenoxy) is 1. The molecule has 0 atom stereocenters. The van der Waals surface area contributed by atoms with Gasteiger partial charge < -0.3 is 9.64 Å². The molecule has 4 rings (SSSR count). The largest absolute Gasteiger partial charge is 0.457 e. The maximum atomic E-state index is 12.7. The van der Waals surface area contributed by atoms with Crippen LogP contribution in [0.15, 0.2) is 54.6 Å². The molecule has 1 aliphatic carbocycles. The molecule has 2 aromatic carbocycles. The molecule has 2 aliphatic rings. The van der Waals surface area contributed by atoms with Gasteiger partial charge in [0.1, 0.15) is 11.5 Å². The van der Waals surface area contributed by atoms with Crippen LogP contribution in [0.2, 0.25) is 0 Å². The lowest BCUT2D eigenvalue weighted by molar-refractivity contribution is -0.133. The Morgan fingerprint density at radius 1 is 0.929 bits per heavy atom. The lowest BCUT2D eigenvalue weighted by atomic mass is 9.95. The van der Waals surface area contributed by atoms with Crippen molar-refractivity contribution in [1.82, 2.24) is 9.80 Å². The Balaban J connectivity index is 1.28. The van der Waals surface area contributed by atoms with E-state index in [0.29, 0.717) is 6.42 Å². The van der Waals surface area contributed by atoms with E-state index >= 15 is 0 Å². The van der Waals surface area contributed by atoms with E-state index in [-0.39, 0.29) is 11.4 Å². The number of carbonyl (C=O) groups excluding carboxylic acids is 1. The summed E-state index contributed by atoms with van der Waals surface area (Å²) in [6, 6.07) is 17.6. The number of para-hydroxylation sites is 1. The molecule has 1 aliphatic heterocycles. The predicted octanol–water partition coefficient (Wildman–Crippen LogP) is 4.35. The zero-order chi connectivity index (χ0) is 19.6. The molecular formula is C24H30N2O2. The van der Waals surface area contributed by atoms with E-state index < -0.39 is 0 Å². The molecule has 4 nitrogen and oxygen atoms in total. The third-order valence-corrected chi connectivity index (χ3v) is 6.28. The number of rotatable bonds is 6. The van der Waals surface area contributed by atoms with E-state index in [1.165, 1.54) is 12.8 Å². The third kappa shape index (κ3) is 4.39. The van der Waals surface area contributed by atoms with Crippen molar-refractivity contribution in [2.24, 2.45) is 5.92 Å². The average Bonchev–Trinajstić information content (AvgIpc) is 3.56. The van der Waals surface area contributed by atoms with Gasteiger partial charge in [0.05, 0.1) is 6.42 Å². The smallest absolute Gasteiger partial charge is 0.227 e. The SMILES string of the molecule is CC(C)(C1CC1)N1CCN(C(=O)Cc2ccc(Oc3ccccc3)cc2)CC1. The Hall–Kier alpha value is -2.33. The van der Waals surface area contributed by atoms with Crippen LogP contribution in [0.25, 0.3) is 0 Å². The van der Waals surface area contributed by atoms with Crippen molar-refractivity contribution in [2.45, 2.75) is 38.6 Å². The second-order valence-electron chi connectivity index (χ2n) is 8.53. The first-order chi connectivity index (χ1) is 13.5. The number of nitrogens with zero attached hydrogens (tertiary/aromatic N) is 2. The second-order valence-corrected chi connectivity index (χ2v) is 8.53. The first-order valence-electron chi connectivity index (χ1n) is 10.4. The number of hydrogen-bond donors (Lipinski definition) is 0. The fourth-order valence-electron chi connectivity index (χ4n) is 4.17. The average molecular weight is 379 g/mol. The summed E-state index contributed by atoms with van der Waals surface area (Å²) in [7, 11) is 0. The van der Waals surface area contributed by atoms with Crippen molar-refractivity contribution in [3.8, 4) is 11.5 Å². The molecule has 148 valence electrons. The molecule has 1 amide bonds. The van der Waals surface area contributed by atoms with Gasteiger partial charge in [-0.3, -0.25) is 9.69 Å². The Bertz CT molecular complexity index is 789. The fourth-order valence-corrected chi connectivity index (χ4v) is 4.17. The summed E-state index contributed by atoms with van der Waals surface area (Å²) in [5.41, 5.74) is 1.31. The van der Waals surface area contributed by atoms with Crippen LogP contribution in [0.4, 0.5) is 0 Å². The van der Waals surface area contributed by atoms with Crippen LogP contribution in [0.3, 0.4) is 0 Å². The van der Waals surface area contributed by atoms with Gasteiger partial charge in [-0.15, -0.1) is 0 Å². The third-order valence-electron chi connectivity index (χ3n) is 6.28. The molecule has 1 heterocycles. The summed E-state index contributed by atoms with van der Waals surface area (Å²) in [5.74, 6) is 2.67. The summed E-state index contributed by atoms with van der Waals surface area (Å²) in [6.07, 6.45) is 3.17. The highest BCUT2D eigenvalue weighted by Gasteiger charge is 2.42. The zero-order valence-corrected chi connectivity index (χ0v) is 16.9. The van der Waals surface area contributed by atoms with E-state index in [0.717, 1.165) is 49.2 Å². The summed E-state index contributed by atoms with van der Waals surface area (Å²) in [5, 5.41) is 0. The standard InChI is InChI=1S/C24H30N2O2/c1-24(2,20-10-11-20)26-16-14-25(15-17-26)23(27)18-19-8-12-22(13-9-19)28-21-6-4-3-5-7-21/h3-9,12-13,20H,10-11,14-18H2,1-2H3. The maximum absolute atomic E-state index is 12.7. The topological polar surface area (TPSA) is 32.8 Å². The Morgan fingerprint density at radius 2 is 1.54 bits per heavy atom. The summed E-state index contributed by atoms with van der Waals surface area (Å²) >= 11 is 0. The molecule has 2 aromatic rings. The number of amides is 1. The molecule has 0 radical (unpaired) electrons. The minimum absolute atomic E-state index is 0.223. The zero-order valence-electron chi connectivity index (χ0n) is 16.9. The molecule has 0 spiro atoms. The fraction of sp³-hybridized carbons (Fsp3) is 0.458. The van der Waals surface area contributed by atoms with Gasteiger partial charge in [-0.25, -0.2) is 0 Å². The first kappa shape index (κ1) is 19.0. The van der Waals surface area contributed by atoms with Gasteiger partial charge in [-0.2, -0.15) is 0 Å². The number of piperazine rings is 1. The van der Waals surface area contributed by atoms with Crippen molar-refractivity contribution >= 4 is 5.91 Å².